The normalized spacial score (nSPS) is 13.2. The van der Waals surface area contributed by atoms with Crippen molar-refractivity contribution in [2.75, 3.05) is 16.2 Å². The number of carbonyl (C=O) groups is 1. The molecule has 0 fully saturated rings. The van der Waals surface area contributed by atoms with Gasteiger partial charge in [0.15, 0.2) is 0 Å². The Morgan fingerprint density at radius 1 is 0.931 bits per heavy atom. The van der Waals surface area contributed by atoms with Crippen LogP contribution in [0.2, 0.25) is 10.0 Å². The van der Waals surface area contributed by atoms with Gasteiger partial charge in [0.2, 0.25) is 0 Å². The molecule has 5 nitrogen and oxygen atoms in total. The predicted octanol–water partition coefficient (Wildman–Crippen LogP) is 5.00. The second-order valence-electron chi connectivity index (χ2n) is 6.60. The summed E-state index contributed by atoms with van der Waals surface area (Å²) in [7, 11) is -3.64. The van der Waals surface area contributed by atoms with Crippen LogP contribution in [0.15, 0.2) is 71.6 Å². The molecular weight excluding hydrogens is 431 g/mol. The Hall–Kier alpha value is -2.54. The van der Waals surface area contributed by atoms with Crippen molar-refractivity contribution in [2.45, 2.75) is 11.3 Å². The zero-order valence-electron chi connectivity index (χ0n) is 15.1. The van der Waals surface area contributed by atoms with Crippen molar-refractivity contribution in [3.63, 3.8) is 0 Å². The van der Waals surface area contributed by atoms with Gasteiger partial charge in [-0.3, -0.25) is 9.10 Å². The van der Waals surface area contributed by atoms with Crippen LogP contribution in [0.25, 0.3) is 0 Å². The Bertz CT molecular complexity index is 1180. The van der Waals surface area contributed by atoms with E-state index in [2.05, 4.69) is 5.32 Å². The van der Waals surface area contributed by atoms with Crippen LogP contribution in [-0.4, -0.2) is 20.9 Å². The number of hydrogen-bond acceptors (Lipinski definition) is 3. The van der Waals surface area contributed by atoms with Crippen molar-refractivity contribution in [2.24, 2.45) is 0 Å². The summed E-state index contributed by atoms with van der Waals surface area (Å²) in [6.07, 6.45) is 0.533. The number of nitrogens with one attached hydrogen (secondary N) is 1. The first-order valence-electron chi connectivity index (χ1n) is 8.83. The van der Waals surface area contributed by atoms with Gasteiger partial charge in [-0.2, -0.15) is 0 Å². The van der Waals surface area contributed by atoms with Gasteiger partial charge in [-0.05, 0) is 60.5 Å². The third-order valence-corrected chi connectivity index (χ3v) is 6.91. The monoisotopic (exact) mass is 446 g/mol. The van der Waals surface area contributed by atoms with Gasteiger partial charge in [0.25, 0.3) is 15.9 Å². The van der Waals surface area contributed by atoms with Gasteiger partial charge in [0, 0.05) is 27.8 Å². The smallest absolute Gasteiger partial charge is 0.264 e. The van der Waals surface area contributed by atoms with E-state index in [4.69, 9.17) is 23.2 Å². The van der Waals surface area contributed by atoms with Crippen molar-refractivity contribution in [3.05, 3.63) is 87.9 Å². The lowest BCUT2D eigenvalue weighted by atomic mass is 10.1. The lowest BCUT2D eigenvalue weighted by Gasteiger charge is -2.19. The molecule has 0 aromatic heterocycles. The Balaban J connectivity index is 1.59. The molecule has 0 atom stereocenters. The topological polar surface area (TPSA) is 66.5 Å². The van der Waals surface area contributed by atoms with Crippen LogP contribution < -0.4 is 9.62 Å². The fourth-order valence-electron chi connectivity index (χ4n) is 3.31. The molecule has 1 N–H and O–H groups in total. The lowest BCUT2D eigenvalue weighted by molar-refractivity contribution is 0.102. The molecule has 0 spiro atoms. The van der Waals surface area contributed by atoms with E-state index in [-0.39, 0.29) is 10.8 Å². The minimum Gasteiger partial charge on any atom is -0.322 e. The van der Waals surface area contributed by atoms with E-state index in [1.807, 2.05) is 0 Å². The summed E-state index contributed by atoms with van der Waals surface area (Å²) in [5.41, 5.74) is 2.32. The van der Waals surface area contributed by atoms with E-state index in [9.17, 15) is 13.2 Å². The summed E-state index contributed by atoms with van der Waals surface area (Å²) >= 11 is 11.9. The van der Waals surface area contributed by atoms with Crippen molar-refractivity contribution in [1.29, 1.82) is 0 Å². The molecule has 1 aliphatic rings. The first kappa shape index (κ1) is 19.8. The summed E-state index contributed by atoms with van der Waals surface area (Å²) in [5.74, 6) is -0.324. The van der Waals surface area contributed by atoms with E-state index in [0.717, 1.165) is 5.56 Å². The van der Waals surface area contributed by atoms with Gasteiger partial charge in [-0.25, -0.2) is 8.42 Å². The van der Waals surface area contributed by atoms with Crippen LogP contribution in [0.5, 0.6) is 0 Å². The minimum atomic E-state index is -3.64. The number of anilines is 2. The Labute approximate surface area is 178 Å². The molecule has 1 heterocycles. The number of fused-ring (bicyclic) bond motifs is 1. The molecule has 0 unspecified atom stereocenters. The van der Waals surface area contributed by atoms with Gasteiger partial charge < -0.3 is 5.32 Å². The summed E-state index contributed by atoms with van der Waals surface area (Å²) in [5, 5.41) is 3.60. The molecule has 0 aliphatic carbocycles. The predicted molar refractivity (Wildman–Crippen MR) is 116 cm³/mol. The fraction of sp³-hybridized carbons (Fsp3) is 0.0952. The van der Waals surface area contributed by atoms with Crippen molar-refractivity contribution in [3.8, 4) is 0 Å². The number of halogens is 2. The van der Waals surface area contributed by atoms with E-state index in [0.29, 0.717) is 39.9 Å². The number of benzene rings is 3. The minimum absolute atomic E-state index is 0.243. The number of sulfonamides is 1. The Morgan fingerprint density at radius 3 is 2.31 bits per heavy atom. The highest BCUT2D eigenvalue weighted by Crippen LogP contribution is 2.34. The third-order valence-electron chi connectivity index (χ3n) is 4.65. The highest BCUT2D eigenvalue weighted by molar-refractivity contribution is 7.92. The van der Waals surface area contributed by atoms with Gasteiger partial charge in [-0.15, -0.1) is 0 Å². The summed E-state index contributed by atoms with van der Waals surface area (Å²) in [4.78, 5) is 12.9. The number of rotatable bonds is 4. The molecule has 3 aromatic carbocycles. The van der Waals surface area contributed by atoms with Crippen LogP contribution in [-0.2, 0) is 16.4 Å². The molecular formula is C21H16Cl2N2O3S. The quantitative estimate of drug-likeness (QED) is 0.613. The lowest BCUT2D eigenvalue weighted by Crippen LogP contribution is -2.29. The van der Waals surface area contributed by atoms with Gasteiger partial charge in [-0.1, -0.05) is 41.4 Å². The Morgan fingerprint density at radius 2 is 1.62 bits per heavy atom. The average molecular weight is 447 g/mol. The zero-order valence-corrected chi connectivity index (χ0v) is 17.4. The third kappa shape index (κ3) is 3.96. The van der Waals surface area contributed by atoms with Crippen LogP contribution in [0.3, 0.4) is 0 Å². The van der Waals surface area contributed by atoms with E-state index in [1.54, 1.807) is 66.7 Å². The van der Waals surface area contributed by atoms with E-state index in [1.165, 1.54) is 4.31 Å². The van der Waals surface area contributed by atoms with Crippen LogP contribution in [0.4, 0.5) is 11.4 Å². The first-order valence-corrected chi connectivity index (χ1v) is 11.0. The number of carbonyl (C=O) groups excluding carboxylic acids is 1. The SMILES string of the molecule is O=C(Nc1cc(Cl)cc(Cl)c1)c1ccc2c(c1)CCN2S(=O)(=O)c1ccccc1. The number of amides is 1. The van der Waals surface area contributed by atoms with Gasteiger partial charge in [0.1, 0.15) is 0 Å². The van der Waals surface area contributed by atoms with Crippen LogP contribution in [0, 0.1) is 0 Å². The summed E-state index contributed by atoms with van der Waals surface area (Å²) in [6.45, 7) is 0.335. The van der Waals surface area contributed by atoms with Gasteiger partial charge >= 0.3 is 0 Å². The zero-order chi connectivity index (χ0) is 20.6. The molecule has 148 valence electrons. The molecule has 0 saturated carbocycles. The second kappa shape index (κ2) is 7.71. The van der Waals surface area contributed by atoms with E-state index < -0.39 is 10.0 Å². The second-order valence-corrected chi connectivity index (χ2v) is 9.33. The van der Waals surface area contributed by atoms with Crippen molar-refractivity contribution >= 4 is 50.5 Å². The molecule has 3 aromatic rings. The molecule has 1 amide bonds. The summed E-state index contributed by atoms with van der Waals surface area (Å²) < 4.78 is 27.3. The maximum atomic E-state index is 12.9. The molecule has 0 saturated heterocycles. The molecule has 1 aliphatic heterocycles. The van der Waals surface area contributed by atoms with Crippen LogP contribution in [0.1, 0.15) is 15.9 Å². The molecule has 4 rings (SSSR count). The molecule has 0 bridgehead atoms. The number of nitrogens with zero attached hydrogens (tertiary/aromatic N) is 1. The molecule has 0 radical (unpaired) electrons. The first-order chi connectivity index (χ1) is 13.8. The average Bonchev–Trinajstić information content (AvgIpc) is 3.12. The highest BCUT2D eigenvalue weighted by atomic mass is 35.5. The van der Waals surface area contributed by atoms with E-state index >= 15 is 0 Å². The maximum absolute atomic E-state index is 12.9. The standard InChI is InChI=1S/C21H16Cl2N2O3S/c22-16-11-17(23)13-18(12-16)24-21(26)15-6-7-20-14(10-15)8-9-25(20)29(27,28)19-4-2-1-3-5-19/h1-7,10-13H,8-9H2,(H,24,26). The molecule has 8 heteroatoms. The maximum Gasteiger partial charge on any atom is 0.264 e. The van der Waals surface area contributed by atoms with Crippen molar-refractivity contribution < 1.29 is 13.2 Å². The van der Waals surface area contributed by atoms with Gasteiger partial charge in [0.05, 0.1) is 10.6 Å². The summed E-state index contributed by atoms with van der Waals surface area (Å²) in [6, 6.07) is 18.1. The Kier molecular flexibility index (Phi) is 5.25. The fourth-order valence-corrected chi connectivity index (χ4v) is 5.36. The number of hydrogen-bond donors (Lipinski definition) is 1. The van der Waals surface area contributed by atoms with Crippen molar-refractivity contribution in [1.82, 2.24) is 0 Å². The largest absolute Gasteiger partial charge is 0.322 e. The van der Waals surface area contributed by atoms with Crippen LogP contribution >= 0.6 is 23.2 Å². The molecule has 29 heavy (non-hydrogen) atoms. The highest BCUT2D eigenvalue weighted by Gasteiger charge is 2.31.